The Morgan fingerprint density at radius 3 is 2.44 bits per heavy atom. The van der Waals surface area contributed by atoms with Crippen molar-refractivity contribution in [1.29, 1.82) is 0 Å². The predicted octanol–water partition coefficient (Wildman–Crippen LogP) is 4.02. The smallest absolute Gasteiger partial charge is 0.261 e. The second-order valence-electron chi connectivity index (χ2n) is 6.70. The fraction of sp³-hybridized carbons (Fsp3) is 0.579. The summed E-state index contributed by atoms with van der Waals surface area (Å²) in [5.74, 6) is -1.30. The lowest BCUT2D eigenvalue weighted by atomic mass is 10.0. The highest BCUT2D eigenvalue weighted by Crippen LogP contribution is 2.28. The van der Waals surface area contributed by atoms with Gasteiger partial charge in [0.05, 0.1) is 16.9 Å². The van der Waals surface area contributed by atoms with Crippen LogP contribution >= 0.6 is 0 Å². The largest absolute Gasteiger partial charge is 0.295 e. The molecule has 2 aromatic rings. The van der Waals surface area contributed by atoms with E-state index in [0.717, 1.165) is 50.9 Å². The number of hydrogen-bond donors (Lipinski definition) is 0. The van der Waals surface area contributed by atoms with Crippen molar-refractivity contribution in [2.24, 2.45) is 0 Å². The third-order valence-electron chi connectivity index (χ3n) is 5.03. The van der Waals surface area contributed by atoms with E-state index < -0.39 is 11.6 Å². The number of piperidine rings is 1. The summed E-state index contributed by atoms with van der Waals surface area (Å²) in [4.78, 5) is 19.8. The van der Waals surface area contributed by atoms with Gasteiger partial charge in [-0.1, -0.05) is 19.8 Å². The maximum Gasteiger partial charge on any atom is 0.261 e. The van der Waals surface area contributed by atoms with E-state index in [4.69, 9.17) is 0 Å². The third kappa shape index (κ3) is 3.45. The summed E-state index contributed by atoms with van der Waals surface area (Å²) in [7, 11) is 0. The van der Waals surface area contributed by atoms with Crippen molar-refractivity contribution in [2.75, 3.05) is 13.1 Å². The van der Waals surface area contributed by atoms with Crippen molar-refractivity contribution in [3.8, 4) is 0 Å². The number of rotatable bonds is 5. The van der Waals surface area contributed by atoms with Gasteiger partial charge in [0.25, 0.3) is 5.56 Å². The SMILES string of the molecule is CCCC(c1nc2cc(F)c(F)cc2c(=O)n1CC)N1CCCCC1. The molecule has 1 aromatic heterocycles. The second kappa shape index (κ2) is 7.60. The van der Waals surface area contributed by atoms with Gasteiger partial charge in [0.2, 0.25) is 0 Å². The first-order valence-electron chi connectivity index (χ1n) is 9.20. The summed E-state index contributed by atoms with van der Waals surface area (Å²) in [6.45, 7) is 6.43. The van der Waals surface area contributed by atoms with Crippen molar-refractivity contribution in [2.45, 2.75) is 58.5 Å². The average molecular weight is 349 g/mol. The molecule has 2 heterocycles. The van der Waals surface area contributed by atoms with E-state index in [1.165, 1.54) is 6.42 Å². The van der Waals surface area contributed by atoms with E-state index in [1.807, 2.05) is 6.92 Å². The van der Waals surface area contributed by atoms with E-state index in [9.17, 15) is 13.6 Å². The molecule has 0 bridgehead atoms. The summed E-state index contributed by atoms with van der Waals surface area (Å²) in [5.41, 5.74) is -0.0544. The molecule has 0 N–H and O–H groups in total. The first-order valence-corrected chi connectivity index (χ1v) is 9.20. The third-order valence-corrected chi connectivity index (χ3v) is 5.03. The first-order chi connectivity index (χ1) is 12.1. The van der Waals surface area contributed by atoms with Gasteiger partial charge >= 0.3 is 0 Å². The molecule has 0 aliphatic carbocycles. The van der Waals surface area contributed by atoms with Crippen molar-refractivity contribution >= 4 is 10.9 Å². The zero-order chi connectivity index (χ0) is 18.0. The van der Waals surface area contributed by atoms with Crippen molar-refractivity contribution < 1.29 is 8.78 Å². The number of halogens is 2. The summed E-state index contributed by atoms with van der Waals surface area (Å²) in [6, 6.07) is 2.04. The highest BCUT2D eigenvalue weighted by atomic mass is 19.2. The Hall–Kier alpha value is -1.82. The molecule has 0 amide bonds. The average Bonchev–Trinajstić information content (AvgIpc) is 2.62. The van der Waals surface area contributed by atoms with Crippen LogP contribution in [-0.4, -0.2) is 27.5 Å². The molecule has 0 saturated carbocycles. The molecule has 3 rings (SSSR count). The van der Waals surface area contributed by atoms with Gasteiger partial charge in [0.15, 0.2) is 11.6 Å². The van der Waals surface area contributed by atoms with E-state index >= 15 is 0 Å². The van der Waals surface area contributed by atoms with Crippen LogP contribution in [0.1, 0.15) is 57.8 Å². The van der Waals surface area contributed by atoms with Crippen LogP contribution in [0.25, 0.3) is 10.9 Å². The van der Waals surface area contributed by atoms with Gasteiger partial charge < -0.3 is 0 Å². The Balaban J connectivity index is 2.18. The van der Waals surface area contributed by atoms with Gasteiger partial charge in [-0.25, -0.2) is 13.8 Å². The van der Waals surface area contributed by atoms with E-state index in [0.29, 0.717) is 12.4 Å². The molecular formula is C19H25F2N3O. The Labute approximate surface area is 146 Å². The predicted molar refractivity (Wildman–Crippen MR) is 94.7 cm³/mol. The Morgan fingerprint density at radius 2 is 1.80 bits per heavy atom. The van der Waals surface area contributed by atoms with E-state index in [-0.39, 0.29) is 22.5 Å². The molecule has 136 valence electrons. The molecule has 1 fully saturated rings. The number of aromatic nitrogens is 2. The number of nitrogens with zero attached hydrogens (tertiary/aromatic N) is 3. The molecule has 1 atom stereocenters. The lowest BCUT2D eigenvalue weighted by Gasteiger charge is -2.35. The fourth-order valence-electron chi connectivity index (χ4n) is 3.77. The zero-order valence-corrected chi connectivity index (χ0v) is 14.9. The number of benzene rings is 1. The van der Waals surface area contributed by atoms with Crippen LogP contribution in [0, 0.1) is 11.6 Å². The van der Waals surface area contributed by atoms with Crippen LogP contribution in [-0.2, 0) is 6.54 Å². The minimum atomic E-state index is -1.01. The van der Waals surface area contributed by atoms with Crippen molar-refractivity contribution in [3.63, 3.8) is 0 Å². The zero-order valence-electron chi connectivity index (χ0n) is 14.9. The number of likely N-dealkylation sites (tertiary alicyclic amines) is 1. The van der Waals surface area contributed by atoms with E-state index in [1.54, 1.807) is 4.57 Å². The summed E-state index contributed by atoms with van der Waals surface area (Å²) in [5, 5.41) is 0.137. The topological polar surface area (TPSA) is 38.1 Å². The highest BCUT2D eigenvalue weighted by Gasteiger charge is 2.26. The lowest BCUT2D eigenvalue weighted by molar-refractivity contribution is 0.144. The van der Waals surface area contributed by atoms with Gasteiger partial charge in [-0.2, -0.15) is 0 Å². The fourth-order valence-corrected chi connectivity index (χ4v) is 3.77. The molecule has 1 aromatic carbocycles. The highest BCUT2D eigenvalue weighted by molar-refractivity contribution is 5.77. The minimum Gasteiger partial charge on any atom is -0.295 e. The standard InChI is InChI=1S/C19H25F2N3O/c1-3-8-17(23-9-6-5-7-10-23)18-22-16-12-15(21)14(20)11-13(16)19(25)24(18)4-2/h11-12,17H,3-10H2,1-2H3. The Morgan fingerprint density at radius 1 is 1.12 bits per heavy atom. The van der Waals surface area contributed by atoms with Crippen LogP contribution in [0.4, 0.5) is 8.78 Å². The normalized spacial score (nSPS) is 17.1. The van der Waals surface area contributed by atoms with Crippen molar-refractivity contribution in [3.05, 3.63) is 39.9 Å². The maximum absolute atomic E-state index is 13.7. The van der Waals surface area contributed by atoms with Gasteiger partial charge in [-0.15, -0.1) is 0 Å². The summed E-state index contributed by atoms with van der Waals surface area (Å²) < 4.78 is 28.9. The van der Waals surface area contributed by atoms with Crippen LogP contribution in [0.15, 0.2) is 16.9 Å². The molecule has 4 nitrogen and oxygen atoms in total. The maximum atomic E-state index is 13.7. The molecule has 6 heteroatoms. The van der Waals surface area contributed by atoms with Crippen LogP contribution in [0.5, 0.6) is 0 Å². The second-order valence-corrected chi connectivity index (χ2v) is 6.70. The van der Waals surface area contributed by atoms with Gasteiger partial charge in [-0.3, -0.25) is 14.3 Å². The van der Waals surface area contributed by atoms with Gasteiger partial charge in [0.1, 0.15) is 5.82 Å². The van der Waals surface area contributed by atoms with E-state index in [2.05, 4.69) is 16.8 Å². The van der Waals surface area contributed by atoms with Gasteiger partial charge in [0, 0.05) is 12.6 Å². The van der Waals surface area contributed by atoms with Crippen LogP contribution in [0.3, 0.4) is 0 Å². The van der Waals surface area contributed by atoms with Crippen molar-refractivity contribution in [1.82, 2.24) is 14.5 Å². The molecule has 1 unspecified atom stereocenters. The monoisotopic (exact) mass is 349 g/mol. The molecule has 0 radical (unpaired) electrons. The molecule has 1 saturated heterocycles. The quantitative estimate of drug-likeness (QED) is 0.818. The number of hydrogen-bond acceptors (Lipinski definition) is 3. The molecule has 1 aliphatic rings. The molecular weight excluding hydrogens is 324 g/mol. The Kier molecular flexibility index (Phi) is 5.47. The molecule has 0 spiro atoms. The lowest BCUT2D eigenvalue weighted by Crippen LogP contribution is -2.38. The van der Waals surface area contributed by atoms with Crippen LogP contribution in [0.2, 0.25) is 0 Å². The van der Waals surface area contributed by atoms with Gasteiger partial charge in [-0.05, 0) is 45.3 Å². The molecule has 1 aliphatic heterocycles. The summed E-state index contributed by atoms with van der Waals surface area (Å²) >= 11 is 0. The van der Waals surface area contributed by atoms with Crippen LogP contribution < -0.4 is 5.56 Å². The first kappa shape index (κ1) is 18.0. The Bertz CT molecular complexity index is 812. The number of fused-ring (bicyclic) bond motifs is 1. The minimum absolute atomic E-state index is 0.0375. The summed E-state index contributed by atoms with van der Waals surface area (Å²) in [6.07, 6.45) is 5.37. The molecule has 25 heavy (non-hydrogen) atoms.